The van der Waals surface area contributed by atoms with Crippen molar-refractivity contribution >= 4 is 11.6 Å². The average molecular weight is 373 g/mol. The molecule has 6 nitrogen and oxygen atoms in total. The van der Waals surface area contributed by atoms with E-state index in [2.05, 4.69) is 20.1 Å². The van der Waals surface area contributed by atoms with Gasteiger partial charge in [0, 0.05) is 50.1 Å². The summed E-state index contributed by atoms with van der Waals surface area (Å²) < 4.78 is 5.55. The van der Waals surface area contributed by atoms with Crippen molar-refractivity contribution in [3.8, 4) is 0 Å². The van der Waals surface area contributed by atoms with E-state index in [1.165, 1.54) is 32.1 Å². The molecule has 3 aliphatic rings. The van der Waals surface area contributed by atoms with Gasteiger partial charge in [-0.1, -0.05) is 19.3 Å². The molecule has 1 aromatic rings. The van der Waals surface area contributed by atoms with E-state index in [1.807, 2.05) is 12.1 Å². The molecule has 3 fully saturated rings. The number of ether oxygens (including phenoxy) is 1. The fraction of sp³-hybridized carbons (Fsp3) is 0.714. The van der Waals surface area contributed by atoms with Crippen molar-refractivity contribution in [2.24, 2.45) is 0 Å². The standard InChI is InChI=1S/C21H32N4O2/c26-20(19-16-18(6-9-22-19)24-10-4-5-11-24)23-17-21(7-2-1-3-8-21)25-12-14-27-15-13-25/h6,9,16H,1-5,7-8,10-15,17H2,(H,23,26). The van der Waals surface area contributed by atoms with E-state index in [0.29, 0.717) is 12.2 Å². The Labute approximate surface area is 162 Å². The summed E-state index contributed by atoms with van der Waals surface area (Å²) in [6.45, 7) is 6.40. The third-order valence-corrected chi connectivity index (χ3v) is 6.49. The highest BCUT2D eigenvalue weighted by Gasteiger charge is 2.38. The van der Waals surface area contributed by atoms with E-state index in [4.69, 9.17) is 4.74 Å². The lowest BCUT2D eigenvalue weighted by molar-refractivity contribution is -0.0361. The van der Waals surface area contributed by atoms with Gasteiger partial charge in [-0.05, 0) is 37.8 Å². The quantitative estimate of drug-likeness (QED) is 0.860. The van der Waals surface area contributed by atoms with Crippen LogP contribution < -0.4 is 10.2 Å². The Balaban J connectivity index is 1.42. The van der Waals surface area contributed by atoms with Crippen LogP contribution in [-0.4, -0.2) is 67.3 Å². The minimum Gasteiger partial charge on any atom is -0.379 e. The van der Waals surface area contributed by atoms with Gasteiger partial charge in [-0.25, -0.2) is 0 Å². The molecular formula is C21H32N4O2. The van der Waals surface area contributed by atoms with Crippen LogP contribution in [0.25, 0.3) is 0 Å². The van der Waals surface area contributed by atoms with Gasteiger partial charge in [0.15, 0.2) is 0 Å². The first kappa shape index (κ1) is 18.7. The Morgan fingerprint density at radius 2 is 1.81 bits per heavy atom. The highest BCUT2D eigenvalue weighted by Crippen LogP contribution is 2.34. The van der Waals surface area contributed by atoms with Crippen molar-refractivity contribution in [2.75, 3.05) is 50.8 Å². The number of nitrogens with one attached hydrogen (secondary N) is 1. The predicted octanol–water partition coefficient (Wildman–Crippen LogP) is 2.45. The second kappa shape index (κ2) is 8.57. The maximum atomic E-state index is 12.8. The van der Waals surface area contributed by atoms with Crippen LogP contribution >= 0.6 is 0 Å². The predicted molar refractivity (Wildman–Crippen MR) is 106 cm³/mol. The molecular weight excluding hydrogens is 340 g/mol. The summed E-state index contributed by atoms with van der Waals surface area (Å²) >= 11 is 0. The fourth-order valence-electron chi connectivity index (χ4n) is 4.90. The molecule has 0 spiro atoms. The number of carbonyl (C=O) groups excluding carboxylic acids is 1. The van der Waals surface area contributed by atoms with Gasteiger partial charge in [-0.2, -0.15) is 0 Å². The first-order valence-corrected chi connectivity index (χ1v) is 10.6. The number of morpholine rings is 1. The first-order chi connectivity index (χ1) is 13.3. The Morgan fingerprint density at radius 3 is 2.56 bits per heavy atom. The fourth-order valence-corrected chi connectivity index (χ4v) is 4.90. The first-order valence-electron chi connectivity index (χ1n) is 10.6. The molecule has 1 amide bonds. The second-order valence-corrected chi connectivity index (χ2v) is 8.16. The SMILES string of the molecule is O=C(NCC1(N2CCOCC2)CCCCC1)c1cc(N2CCCC2)ccn1. The van der Waals surface area contributed by atoms with Crippen LogP contribution in [0.1, 0.15) is 55.4 Å². The van der Waals surface area contributed by atoms with Crippen LogP contribution in [0.5, 0.6) is 0 Å². The van der Waals surface area contributed by atoms with Gasteiger partial charge in [0.2, 0.25) is 0 Å². The molecule has 0 radical (unpaired) electrons. The lowest BCUT2D eigenvalue weighted by Gasteiger charge is -2.48. The lowest BCUT2D eigenvalue weighted by Crippen LogP contribution is -2.59. The van der Waals surface area contributed by atoms with Crippen LogP contribution in [-0.2, 0) is 4.74 Å². The van der Waals surface area contributed by atoms with E-state index in [1.54, 1.807) is 6.20 Å². The molecule has 0 bridgehead atoms. The largest absolute Gasteiger partial charge is 0.379 e. The zero-order chi connectivity index (χ0) is 18.5. The number of hydrogen-bond donors (Lipinski definition) is 1. The van der Waals surface area contributed by atoms with Gasteiger partial charge in [-0.3, -0.25) is 14.7 Å². The number of aromatic nitrogens is 1. The molecule has 148 valence electrons. The number of hydrogen-bond acceptors (Lipinski definition) is 5. The summed E-state index contributed by atoms with van der Waals surface area (Å²) in [4.78, 5) is 22.1. The highest BCUT2D eigenvalue weighted by molar-refractivity contribution is 5.93. The average Bonchev–Trinajstić information content (AvgIpc) is 3.28. The van der Waals surface area contributed by atoms with Crippen molar-refractivity contribution < 1.29 is 9.53 Å². The summed E-state index contributed by atoms with van der Waals surface area (Å²) in [7, 11) is 0. The van der Waals surface area contributed by atoms with Gasteiger partial charge in [0.1, 0.15) is 5.69 Å². The Bertz CT molecular complexity index is 633. The summed E-state index contributed by atoms with van der Waals surface area (Å²) in [5, 5.41) is 3.22. The number of rotatable bonds is 5. The Hall–Kier alpha value is -1.66. The van der Waals surface area contributed by atoms with E-state index in [-0.39, 0.29) is 11.4 Å². The third kappa shape index (κ3) is 4.27. The molecule has 2 aliphatic heterocycles. The number of carbonyl (C=O) groups is 1. The molecule has 1 saturated carbocycles. The summed E-state index contributed by atoms with van der Waals surface area (Å²) in [5.74, 6) is -0.0470. The molecule has 0 atom stereocenters. The third-order valence-electron chi connectivity index (χ3n) is 6.49. The zero-order valence-corrected chi connectivity index (χ0v) is 16.3. The minimum absolute atomic E-state index is 0.0470. The van der Waals surface area contributed by atoms with Crippen LogP contribution in [0.4, 0.5) is 5.69 Å². The van der Waals surface area contributed by atoms with E-state index in [0.717, 1.165) is 57.9 Å². The zero-order valence-electron chi connectivity index (χ0n) is 16.3. The molecule has 1 N–H and O–H groups in total. The summed E-state index contributed by atoms with van der Waals surface area (Å²) in [6, 6.07) is 3.96. The Kier molecular flexibility index (Phi) is 5.93. The summed E-state index contributed by atoms with van der Waals surface area (Å²) in [6.07, 6.45) is 10.3. The highest BCUT2D eigenvalue weighted by atomic mass is 16.5. The minimum atomic E-state index is -0.0470. The molecule has 0 unspecified atom stereocenters. The monoisotopic (exact) mass is 372 g/mol. The van der Waals surface area contributed by atoms with E-state index in [9.17, 15) is 4.79 Å². The molecule has 3 heterocycles. The van der Waals surface area contributed by atoms with Gasteiger partial charge < -0.3 is 15.0 Å². The molecule has 2 saturated heterocycles. The van der Waals surface area contributed by atoms with Crippen molar-refractivity contribution in [3.05, 3.63) is 24.0 Å². The van der Waals surface area contributed by atoms with Crippen molar-refractivity contribution in [2.45, 2.75) is 50.5 Å². The topological polar surface area (TPSA) is 57.7 Å². The maximum absolute atomic E-state index is 12.8. The normalized spacial score (nSPS) is 23.3. The number of anilines is 1. The Morgan fingerprint density at radius 1 is 1.07 bits per heavy atom. The van der Waals surface area contributed by atoms with Gasteiger partial charge >= 0.3 is 0 Å². The van der Waals surface area contributed by atoms with Gasteiger partial charge in [0.25, 0.3) is 5.91 Å². The number of amides is 1. The van der Waals surface area contributed by atoms with Crippen molar-refractivity contribution in [1.82, 2.24) is 15.2 Å². The number of nitrogens with zero attached hydrogens (tertiary/aromatic N) is 3. The molecule has 6 heteroatoms. The van der Waals surface area contributed by atoms with Crippen molar-refractivity contribution in [1.29, 1.82) is 0 Å². The lowest BCUT2D eigenvalue weighted by atomic mass is 9.79. The molecule has 0 aromatic carbocycles. The molecule has 1 aliphatic carbocycles. The molecule has 1 aromatic heterocycles. The van der Waals surface area contributed by atoms with Gasteiger partial charge in [-0.15, -0.1) is 0 Å². The van der Waals surface area contributed by atoms with Crippen LogP contribution in [0, 0.1) is 0 Å². The van der Waals surface area contributed by atoms with Crippen molar-refractivity contribution in [3.63, 3.8) is 0 Å². The van der Waals surface area contributed by atoms with Crippen LogP contribution in [0.3, 0.4) is 0 Å². The van der Waals surface area contributed by atoms with Crippen LogP contribution in [0.2, 0.25) is 0 Å². The molecule has 27 heavy (non-hydrogen) atoms. The second-order valence-electron chi connectivity index (χ2n) is 8.16. The van der Waals surface area contributed by atoms with E-state index < -0.39 is 0 Å². The number of pyridine rings is 1. The van der Waals surface area contributed by atoms with E-state index >= 15 is 0 Å². The smallest absolute Gasteiger partial charge is 0.270 e. The summed E-state index contributed by atoms with van der Waals surface area (Å²) in [5.41, 5.74) is 1.74. The van der Waals surface area contributed by atoms with Crippen LogP contribution in [0.15, 0.2) is 18.3 Å². The molecule has 4 rings (SSSR count). The maximum Gasteiger partial charge on any atom is 0.270 e. The van der Waals surface area contributed by atoms with Gasteiger partial charge in [0.05, 0.1) is 13.2 Å².